The van der Waals surface area contributed by atoms with Gasteiger partial charge in [0.25, 0.3) is 5.78 Å². The Balaban J connectivity index is 2.48. The monoisotopic (exact) mass is 216 g/mol. The Hall–Kier alpha value is -1.77. The van der Waals surface area contributed by atoms with E-state index in [-0.39, 0.29) is 5.78 Å². The van der Waals surface area contributed by atoms with Crippen molar-refractivity contribution in [3.05, 3.63) is 41.4 Å². The Bertz CT molecular complexity index is 475. The molecule has 1 fully saturated rings. The molecule has 1 aliphatic heterocycles. The first-order valence-electron chi connectivity index (χ1n) is 5.02. The minimum atomic E-state index is -1.000. The van der Waals surface area contributed by atoms with E-state index in [2.05, 4.69) is 4.79 Å². The van der Waals surface area contributed by atoms with E-state index in [1.807, 2.05) is 44.2 Å². The van der Waals surface area contributed by atoms with Crippen molar-refractivity contribution in [1.82, 2.24) is 0 Å². The lowest BCUT2D eigenvalue weighted by molar-refractivity contribution is -0.121. The van der Waals surface area contributed by atoms with Crippen molar-refractivity contribution in [3.63, 3.8) is 0 Å². The van der Waals surface area contributed by atoms with Gasteiger partial charge in [-0.1, -0.05) is 30.3 Å². The molecule has 1 aromatic rings. The maximum atomic E-state index is 11.9. The molecule has 4 nitrogen and oxygen atoms in total. The molecule has 0 saturated carbocycles. The first kappa shape index (κ1) is 10.7. The van der Waals surface area contributed by atoms with Crippen LogP contribution in [0.1, 0.15) is 19.4 Å². The Morgan fingerprint density at radius 2 is 1.94 bits per heavy atom. The number of rotatable bonds is 3. The molecule has 0 bridgehead atoms. The lowest BCUT2D eigenvalue weighted by Crippen LogP contribution is -2.30. The summed E-state index contributed by atoms with van der Waals surface area (Å²) in [4.78, 5) is 14.7. The van der Waals surface area contributed by atoms with Crippen LogP contribution in [-0.2, 0) is 15.1 Å². The quantitative estimate of drug-likeness (QED) is 0.333. The second-order valence-corrected chi connectivity index (χ2v) is 4.27. The van der Waals surface area contributed by atoms with Crippen molar-refractivity contribution >= 4 is 12.0 Å². The molecule has 0 aliphatic carbocycles. The fraction of sp³-hybridized carbons (Fsp3) is 0.333. The summed E-state index contributed by atoms with van der Waals surface area (Å²) < 4.78 is 5.54. The van der Waals surface area contributed by atoms with Gasteiger partial charge in [0.05, 0.1) is 0 Å². The number of ketones is 1. The van der Waals surface area contributed by atoms with Crippen LogP contribution in [0.4, 0.5) is 0 Å². The number of carbonyl (C=O) groups is 1. The molecule has 0 unspecified atom stereocenters. The number of benzene rings is 1. The molecule has 0 radical (unpaired) electrons. The standard InChI is InChI=1S/C12H12N2O2/c1-11(2)12(16-11,10(15)8-14-13)9-6-4-3-5-7-9/h3-8H,1-2H3/t12-/m1/s1. The zero-order valence-electron chi connectivity index (χ0n) is 9.18. The average Bonchev–Trinajstić information content (AvgIpc) is 2.85. The molecule has 0 spiro atoms. The van der Waals surface area contributed by atoms with Gasteiger partial charge in [-0.25, -0.2) is 0 Å². The number of epoxide rings is 1. The summed E-state index contributed by atoms with van der Waals surface area (Å²) in [5.41, 5.74) is 7.66. The summed E-state index contributed by atoms with van der Waals surface area (Å²) in [6.07, 6.45) is 0.891. The number of carbonyl (C=O) groups excluding carboxylic acids is 1. The number of Topliss-reactive ketones (excluding diaryl/α,β-unsaturated/α-hetero) is 1. The fourth-order valence-electron chi connectivity index (χ4n) is 2.07. The van der Waals surface area contributed by atoms with Crippen molar-refractivity contribution in [2.45, 2.75) is 25.0 Å². The zero-order chi connectivity index (χ0) is 11.8. The van der Waals surface area contributed by atoms with Gasteiger partial charge >= 0.3 is 6.21 Å². The fourth-order valence-corrected chi connectivity index (χ4v) is 2.07. The summed E-state index contributed by atoms with van der Waals surface area (Å²) >= 11 is 0. The first-order valence-corrected chi connectivity index (χ1v) is 5.02. The average molecular weight is 216 g/mol. The highest BCUT2D eigenvalue weighted by Gasteiger charge is 2.70. The molecule has 1 atom stereocenters. The van der Waals surface area contributed by atoms with E-state index in [9.17, 15) is 4.79 Å². The highest BCUT2D eigenvalue weighted by Crippen LogP contribution is 2.55. The van der Waals surface area contributed by atoms with Crippen molar-refractivity contribution in [3.8, 4) is 0 Å². The SMILES string of the molecule is CC1(C)O[C@@]1(C(=O)C=[N+]=[N-])c1ccccc1. The lowest BCUT2D eigenvalue weighted by atomic mass is 9.85. The van der Waals surface area contributed by atoms with Gasteiger partial charge in [-0.3, -0.25) is 4.79 Å². The van der Waals surface area contributed by atoms with Crippen LogP contribution >= 0.6 is 0 Å². The number of nitrogens with zero attached hydrogens (tertiary/aromatic N) is 2. The van der Waals surface area contributed by atoms with E-state index in [0.29, 0.717) is 0 Å². The molecule has 82 valence electrons. The van der Waals surface area contributed by atoms with E-state index < -0.39 is 11.2 Å². The van der Waals surface area contributed by atoms with Gasteiger partial charge in [-0.15, -0.1) is 0 Å². The van der Waals surface area contributed by atoms with Crippen LogP contribution in [0.15, 0.2) is 30.3 Å². The van der Waals surface area contributed by atoms with Crippen LogP contribution in [0.5, 0.6) is 0 Å². The smallest absolute Gasteiger partial charge is 0.326 e. The van der Waals surface area contributed by atoms with E-state index in [1.54, 1.807) is 0 Å². The molecule has 0 aromatic heterocycles. The van der Waals surface area contributed by atoms with E-state index >= 15 is 0 Å². The van der Waals surface area contributed by atoms with Crippen LogP contribution in [0.3, 0.4) is 0 Å². The molecule has 1 saturated heterocycles. The predicted molar refractivity (Wildman–Crippen MR) is 58.0 cm³/mol. The topological polar surface area (TPSA) is 66.0 Å². The Morgan fingerprint density at radius 1 is 1.38 bits per heavy atom. The highest BCUT2D eigenvalue weighted by molar-refractivity contribution is 6.30. The predicted octanol–water partition coefficient (Wildman–Crippen LogP) is 1.56. The maximum Gasteiger partial charge on any atom is 0.326 e. The second kappa shape index (κ2) is 3.37. The van der Waals surface area contributed by atoms with Crippen LogP contribution in [0.2, 0.25) is 0 Å². The third kappa shape index (κ3) is 1.32. The maximum absolute atomic E-state index is 11.9. The van der Waals surface area contributed by atoms with Gasteiger partial charge in [-0.05, 0) is 19.4 Å². The zero-order valence-corrected chi connectivity index (χ0v) is 9.18. The molecule has 1 heterocycles. The third-order valence-corrected chi connectivity index (χ3v) is 2.92. The first-order chi connectivity index (χ1) is 7.54. The summed E-state index contributed by atoms with van der Waals surface area (Å²) in [7, 11) is 0. The number of hydrogen-bond acceptors (Lipinski definition) is 2. The van der Waals surface area contributed by atoms with Crippen molar-refractivity contribution in [2.75, 3.05) is 0 Å². The Morgan fingerprint density at radius 3 is 2.38 bits per heavy atom. The van der Waals surface area contributed by atoms with Crippen molar-refractivity contribution < 1.29 is 14.3 Å². The Labute approximate surface area is 93.5 Å². The molecule has 16 heavy (non-hydrogen) atoms. The molecule has 4 heteroatoms. The van der Waals surface area contributed by atoms with Crippen LogP contribution in [0, 0.1) is 0 Å². The van der Waals surface area contributed by atoms with E-state index in [1.165, 1.54) is 0 Å². The molecular formula is C12H12N2O2. The van der Waals surface area contributed by atoms with Gasteiger partial charge in [0, 0.05) is 0 Å². The van der Waals surface area contributed by atoms with Crippen molar-refractivity contribution in [1.29, 1.82) is 0 Å². The largest absolute Gasteiger partial charge is 0.361 e. The number of hydrogen-bond donors (Lipinski definition) is 0. The molecule has 0 N–H and O–H groups in total. The van der Waals surface area contributed by atoms with Gasteiger partial charge in [-0.2, -0.15) is 4.79 Å². The summed E-state index contributed by atoms with van der Waals surface area (Å²) in [6.45, 7) is 3.67. The highest BCUT2D eigenvalue weighted by atomic mass is 16.6. The van der Waals surface area contributed by atoms with Gasteiger partial charge < -0.3 is 10.3 Å². The van der Waals surface area contributed by atoms with Gasteiger partial charge in [0.2, 0.25) is 0 Å². The summed E-state index contributed by atoms with van der Waals surface area (Å²) in [5.74, 6) is -0.341. The van der Waals surface area contributed by atoms with Crippen LogP contribution < -0.4 is 0 Å². The molecular weight excluding hydrogens is 204 g/mol. The third-order valence-electron chi connectivity index (χ3n) is 2.92. The molecule has 0 amide bonds. The molecule has 1 aliphatic rings. The van der Waals surface area contributed by atoms with Gasteiger partial charge in [0.1, 0.15) is 5.60 Å². The Kier molecular flexibility index (Phi) is 2.26. The summed E-state index contributed by atoms with van der Waals surface area (Å²) in [5, 5.41) is 0. The molecule has 2 rings (SSSR count). The van der Waals surface area contributed by atoms with Gasteiger partial charge in [0.15, 0.2) is 5.60 Å². The summed E-state index contributed by atoms with van der Waals surface area (Å²) in [6, 6.07) is 9.23. The minimum absolute atomic E-state index is 0.341. The van der Waals surface area contributed by atoms with Crippen molar-refractivity contribution in [2.24, 2.45) is 0 Å². The lowest BCUT2D eigenvalue weighted by Gasteiger charge is -2.09. The van der Waals surface area contributed by atoms with Crippen LogP contribution in [0.25, 0.3) is 5.53 Å². The van der Waals surface area contributed by atoms with Crippen LogP contribution in [-0.4, -0.2) is 22.4 Å². The minimum Gasteiger partial charge on any atom is -0.361 e. The molecule has 1 aromatic carbocycles. The second-order valence-electron chi connectivity index (χ2n) is 4.27. The number of ether oxygens (including phenoxy) is 1. The normalized spacial score (nSPS) is 25.6. The van der Waals surface area contributed by atoms with E-state index in [4.69, 9.17) is 10.3 Å². The van der Waals surface area contributed by atoms with E-state index in [0.717, 1.165) is 11.8 Å².